The Bertz CT molecular complexity index is 737. The number of fused-ring (bicyclic) bond motifs is 1. The van der Waals surface area contributed by atoms with Gasteiger partial charge in [0.05, 0.1) is 13.2 Å². The van der Waals surface area contributed by atoms with Crippen LogP contribution in [0.25, 0.3) is 0 Å². The van der Waals surface area contributed by atoms with Crippen molar-refractivity contribution in [2.24, 2.45) is 0 Å². The molecule has 3 rings (SSSR count). The van der Waals surface area contributed by atoms with Gasteiger partial charge in [0.25, 0.3) is 5.91 Å². The van der Waals surface area contributed by atoms with Crippen LogP contribution >= 0.6 is 15.9 Å². The lowest BCUT2D eigenvalue weighted by Gasteiger charge is -2.29. The number of amides is 3. The minimum absolute atomic E-state index is 0.165. The van der Waals surface area contributed by atoms with E-state index in [0.29, 0.717) is 25.1 Å². The van der Waals surface area contributed by atoms with Gasteiger partial charge in [0.2, 0.25) is 11.8 Å². The van der Waals surface area contributed by atoms with Gasteiger partial charge in [-0.1, -0.05) is 47.7 Å². The molecule has 1 saturated heterocycles. The van der Waals surface area contributed by atoms with E-state index in [1.54, 1.807) is 11.0 Å². The highest BCUT2D eigenvalue weighted by molar-refractivity contribution is 9.09. The molecule has 1 N–H and O–H groups in total. The van der Waals surface area contributed by atoms with E-state index in [4.69, 9.17) is 4.74 Å². The minimum atomic E-state index is -0.593. The molecule has 0 saturated carbocycles. The molecule has 1 aromatic carbocycles. The third-order valence-electron chi connectivity index (χ3n) is 5.32. The number of carbonyl (C=O) groups is 3. The molecule has 1 fully saturated rings. The van der Waals surface area contributed by atoms with E-state index >= 15 is 0 Å². The Hall–Kier alpha value is -1.89. The number of nitrogens with zero attached hydrogens (tertiary/aromatic N) is 1. The van der Waals surface area contributed by atoms with Crippen LogP contribution in [0.15, 0.2) is 18.2 Å². The highest BCUT2D eigenvalue weighted by Crippen LogP contribution is 2.33. The summed E-state index contributed by atoms with van der Waals surface area (Å²) in [4.78, 5) is 37.9. The number of imide groups is 1. The van der Waals surface area contributed by atoms with Crippen LogP contribution in [0.2, 0.25) is 0 Å². The van der Waals surface area contributed by atoms with Gasteiger partial charge in [-0.25, -0.2) is 0 Å². The Morgan fingerprint density at radius 2 is 1.82 bits per heavy atom. The first-order chi connectivity index (χ1) is 13.6. The van der Waals surface area contributed by atoms with Crippen molar-refractivity contribution in [3.63, 3.8) is 0 Å². The van der Waals surface area contributed by atoms with Crippen LogP contribution < -0.4 is 10.1 Å². The number of alkyl halides is 1. The predicted octanol–water partition coefficient (Wildman–Crippen LogP) is 3.56. The molecule has 0 spiro atoms. The van der Waals surface area contributed by atoms with Gasteiger partial charge in [-0.15, -0.1) is 0 Å². The number of unbranched alkanes of at least 4 members (excludes halogenated alkanes) is 5. The second kappa shape index (κ2) is 10.0. The van der Waals surface area contributed by atoms with Crippen LogP contribution in [0.5, 0.6) is 5.75 Å². The fourth-order valence-electron chi connectivity index (χ4n) is 3.78. The fourth-order valence-corrected chi connectivity index (χ4v) is 4.17. The molecule has 3 amide bonds. The lowest BCUT2D eigenvalue weighted by Crippen LogP contribution is -2.52. The second-order valence-corrected chi connectivity index (χ2v) is 8.13. The molecule has 0 bridgehead atoms. The van der Waals surface area contributed by atoms with E-state index in [-0.39, 0.29) is 24.1 Å². The van der Waals surface area contributed by atoms with Gasteiger partial charge in [0.15, 0.2) is 0 Å². The molecule has 7 heteroatoms. The molecule has 0 aliphatic carbocycles. The van der Waals surface area contributed by atoms with Crippen molar-refractivity contribution in [1.82, 2.24) is 10.2 Å². The number of halogens is 1. The molecule has 1 atom stereocenters. The standard InChI is InChI=1S/C21H27BrN2O4/c22-12-5-3-1-2-4-6-13-28-18-9-7-8-15-16(18)14-24(21(15)27)17-10-11-19(25)23-20(17)26/h7-9,17H,1-6,10-14H2,(H,23,25,26). The maximum Gasteiger partial charge on any atom is 0.255 e. The Kier molecular flexibility index (Phi) is 7.48. The number of piperidine rings is 1. The summed E-state index contributed by atoms with van der Waals surface area (Å²) >= 11 is 3.45. The fraction of sp³-hybridized carbons (Fsp3) is 0.571. The number of hydrogen-bond acceptors (Lipinski definition) is 4. The molecule has 0 radical (unpaired) electrons. The molecule has 1 unspecified atom stereocenters. The first-order valence-electron chi connectivity index (χ1n) is 10.1. The molecule has 28 heavy (non-hydrogen) atoms. The Morgan fingerprint density at radius 1 is 1.07 bits per heavy atom. The van der Waals surface area contributed by atoms with Gasteiger partial charge < -0.3 is 9.64 Å². The van der Waals surface area contributed by atoms with Gasteiger partial charge in [-0.3, -0.25) is 19.7 Å². The topological polar surface area (TPSA) is 75.7 Å². The van der Waals surface area contributed by atoms with Crippen LogP contribution in [0.1, 0.15) is 67.3 Å². The van der Waals surface area contributed by atoms with E-state index in [1.165, 1.54) is 25.7 Å². The third-order valence-corrected chi connectivity index (χ3v) is 5.89. The second-order valence-electron chi connectivity index (χ2n) is 7.34. The lowest BCUT2D eigenvalue weighted by molar-refractivity contribution is -0.136. The summed E-state index contributed by atoms with van der Waals surface area (Å²) < 4.78 is 5.96. The molecule has 2 heterocycles. The van der Waals surface area contributed by atoms with Crippen molar-refractivity contribution in [3.8, 4) is 5.75 Å². The zero-order valence-corrected chi connectivity index (χ0v) is 17.6. The molecule has 1 aromatic rings. The largest absolute Gasteiger partial charge is 0.493 e. The highest BCUT2D eigenvalue weighted by Gasteiger charge is 2.40. The zero-order valence-electron chi connectivity index (χ0n) is 16.0. The number of carbonyl (C=O) groups excluding carboxylic acids is 3. The number of nitrogens with one attached hydrogen (secondary N) is 1. The monoisotopic (exact) mass is 450 g/mol. The summed E-state index contributed by atoms with van der Waals surface area (Å²) in [5.74, 6) is -0.108. The van der Waals surface area contributed by atoms with Crippen molar-refractivity contribution in [1.29, 1.82) is 0 Å². The van der Waals surface area contributed by atoms with E-state index in [1.807, 2.05) is 12.1 Å². The summed E-state index contributed by atoms with van der Waals surface area (Å²) in [6.45, 7) is 0.977. The lowest BCUT2D eigenvalue weighted by atomic mass is 10.0. The first-order valence-corrected chi connectivity index (χ1v) is 11.2. The van der Waals surface area contributed by atoms with Gasteiger partial charge in [0, 0.05) is 22.9 Å². The Labute approximate surface area is 174 Å². The van der Waals surface area contributed by atoms with E-state index in [2.05, 4.69) is 21.2 Å². The average Bonchev–Trinajstić information content (AvgIpc) is 3.01. The third kappa shape index (κ3) is 4.93. The quantitative estimate of drug-likeness (QED) is 0.335. The number of hydrogen-bond donors (Lipinski definition) is 1. The number of benzene rings is 1. The highest BCUT2D eigenvalue weighted by atomic mass is 79.9. The van der Waals surface area contributed by atoms with Crippen LogP contribution in [0.4, 0.5) is 0 Å². The Morgan fingerprint density at radius 3 is 2.57 bits per heavy atom. The minimum Gasteiger partial charge on any atom is -0.493 e. The summed E-state index contributed by atoms with van der Waals surface area (Å²) in [5, 5.41) is 3.40. The molecule has 2 aliphatic heterocycles. The first kappa shape index (κ1) is 20.8. The van der Waals surface area contributed by atoms with Gasteiger partial charge >= 0.3 is 0 Å². The summed E-state index contributed by atoms with van der Waals surface area (Å²) in [5.41, 5.74) is 1.44. The molecular weight excluding hydrogens is 424 g/mol. The van der Waals surface area contributed by atoms with E-state index in [0.717, 1.165) is 29.5 Å². The van der Waals surface area contributed by atoms with Crippen LogP contribution in [0, 0.1) is 0 Å². The van der Waals surface area contributed by atoms with Crippen molar-refractivity contribution in [3.05, 3.63) is 29.3 Å². The SMILES string of the molecule is O=C1CCC(N2Cc3c(OCCCCCCCCBr)cccc3C2=O)C(=O)N1. The van der Waals surface area contributed by atoms with Gasteiger partial charge in [0.1, 0.15) is 11.8 Å². The maximum absolute atomic E-state index is 12.8. The van der Waals surface area contributed by atoms with Crippen molar-refractivity contribution in [2.45, 2.75) is 64.0 Å². The van der Waals surface area contributed by atoms with Gasteiger partial charge in [-0.05, 0) is 31.4 Å². The van der Waals surface area contributed by atoms with Crippen LogP contribution in [0.3, 0.4) is 0 Å². The van der Waals surface area contributed by atoms with Crippen LogP contribution in [-0.2, 0) is 16.1 Å². The van der Waals surface area contributed by atoms with Crippen molar-refractivity contribution >= 4 is 33.7 Å². The van der Waals surface area contributed by atoms with Gasteiger partial charge in [-0.2, -0.15) is 0 Å². The summed E-state index contributed by atoms with van der Waals surface area (Å²) in [7, 11) is 0. The van der Waals surface area contributed by atoms with E-state index in [9.17, 15) is 14.4 Å². The molecule has 152 valence electrons. The Balaban J connectivity index is 1.54. The molecule has 6 nitrogen and oxygen atoms in total. The zero-order chi connectivity index (χ0) is 19.9. The van der Waals surface area contributed by atoms with Crippen LogP contribution in [-0.4, -0.2) is 40.6 Å². The summed E-state index contributed by atoms with van der Waals surface area (Å²) in [6.07, 6.45) is 7.71. The smallest absolute Gasteiger partial charge is 0.255 e. The normalized spacial score (nSPS) is 19.0. The summed E-state index contributed by atoms with van der Waals surface area (Å²) in [6, 6.07) is 4.89. The number of ether oxygens (including phenoxy) is 1. The number of rotatable bonds is 10. The maximum atomic E-state index is 12.8. The van der Waals surface area contributed by atoms with Crippen molar-refractivity contribution < 1.29 is 19.1 Å². The average molecular weight is 451 g/mol. The predicted molar refractivity (Wildman–Crippen MR) is 109 cm³/mol. The van der Waals surface area contributed by atoms with E-state index < -0.39 is 6.04 Å². The molecule has 2 aliphatic rings. The molecular formula is C21H27BrN2O4. The molecule has 0 aromatic heterocycles. The van der Waals surface area contributed by atoms with Crippen molar-refractivity contribution in [2.75, 3.05) is 11.9 Å².